The van der Waals surface area contributed by atoms with Crippen LogP contribution in [-0.2, 0) is 23.7 Å². The number of rotatable bonds is 57. The fourth-order valence-electron chi connectivity index (χ4n) is 11.7. The van der Waals surface area contributed by atoms with E-state index in [1.54, 1.807) is 6.08 Å². The largest absolute Gasteiger partial charge is 0.394 e. The molecule has 1 amide bonds. The van der Waals surface area contributed by atoms with Gasteiger partial charge >= 0.3 is 0 Å². The summed E-state index contributed by atoms with van der Waals surface area (Å²) in [6, 6.07) is -0.910. The van der Waals surface area contributed by atoms with Gasteiger partial charge in [-0.25, -0.2) is 0 Å². The summed E-state index contributed by atoms with van der Waals surface area (Å²) in [4.78, 5) is 13.3. The van der Waals surface area contributed by atoms with E-state index in [0.29, 0.717) is 6.42 Å². The molecule has 0 saturated carbocycles. The predicted molar refractivity (Wildman–Crippen MR) is 328 cm³/mol. The molecule has 2 saturated heterocycles. The number of carbonyl (C=O) groups excluding carboxylic acids is 1. The lowest BCUT2D eigenvalue weighted by atomic mass is 9.97. The van der Waals surface area contributed by atoms with Crippen LogP contribution >= 0.6 is 0 Å². The van der Waals surface area contributed by atoms with Crippen molar-refractivity contribution in [1.29, 1.82) is 0 Å². The second-order valence-electron chi connectivity index (χ2n) is 24.7. The molecule has 2 rings (SSSR count). The number of unbranched alkanes of at least 4 members (excludes halogenated alkanes) is 44. The van der Waals surface area contributed by atoms with E-state index in [1.807, 2.05) is 6.08 Å². The molecule has 0 aromatic carbocycles. The highest BCUT2D eigenvalue weighted by molar-refractivity contribution is 5.76. The van der Waals surface area contributed by atoms with Gasteiger partial charge in [0, 0.05) is 6.42 Å². The van der Waals surface area contributed by atoms with Crippen molar-refractivity contribution in [1.82, 2.24) is 5.32 Å². The van der Waals surface area contributed by atoms with Crippen LogP contribution in [0.1, 0.15) is 316 Å². The summed E-state index contributed by atoms with van der Waals surface area (Å²) >= 11 is 0. The molecule has 9 N–H and O–H groups in total. The van der Waals surface area contributed by atoms with Crippen molar-refractivity contribution in [3.05, 3.63) is 12.2 Å². The van der Waals surface area contributed by atoms with Crippen molar-refractivity contribution in [3.8, 4) is 0 Å². The van der Waals surface area contributed by atoms with Gasteiger partial charge in [-0.15, -0.1) is 0 Å². The molecule has 4 unspecified atom stereocenters. The molecule has 2 aliphatic heterocycles. The highest BCUT2D eigenvalue weighted by Gasteiger charge is 2.51. The number of hydrogen-bond acceptors (Lipinski definition) is 13. The van der Waals surface area contributed by atoms with Crippen molar-refractivity contribution in [2.45, 2.75) is 389 Å². The summed E-state index contributed by atoms with van der Waals surface area (Å²) in [5, 5.41) is 87.3. The van der Waals surface area contributed by atoms with Crippen LogP contribution in [-0.4, -0.2) is 140 Å². The van der Waals surface area contributed by atoms with Gasteiger partial charge in [-0.2, -0.15) is 0 Å². The summed E-state index contributed by atoms with van der Waals surface area (Å²) in [6.07, 6.45) is 47.1. The minimum Gasteiger partial charge on any atom is -0.394 e. The van der Waals surface area contributed by atoms with Crippen LogP contribution in [0.25, 0.3) is 0 Å². The van der Waals surface area contributed by atoms with Crippen LogP contribution < -0.4 is 5.32 Å². The van der Waals surface area contributed by atoms with Gasteiger partial charge < -0.3 is 65.1 Å². The number of ether oxygens (including phenoxy) is 4. The molecule has 2 aliphatic rings. The van der Waals surface area contributed by atoms with Gasteiger partial charge in [-0.1, -0.05) is 302 Å². The number of carbonyl (C=O) groups is 1. The first kappa shape index (κ1) is 75.8. The van der Waals surface area contributed by atoms with Gasteiger partial charge in [0.1, 0.15) is 48.8 Å². The standard InChI is InChI=1S/C67H129NO13/c1-3-5-7-9-11-13-15-17-19-21-22-23-24-25-26-27-28-29-30-31-32-33-34-35-37-39-41-43-45-47-49-51-59(72)68-55(56(71)50-48-46-44-42-40-38-36-20-18-16-14-12-10-8-6-4-2)54-78-66-64(77)62(75)65(58(53-70)80-66)81-67-63(76)61(74)60(73)57(52-69)79-67/h48,50,55-58,60-67,69-71,73-77H,3-47,49,51-54H2,1-2H3,(H,68,72)/b50-48+/t55-,56+,57+,58+,60-,61?,62?,63?,64?,65+,66+,67-/m0/s1. The Hall–Kier alpha value is -1.27. The number of hydrogen-bond donors (Lipinski definition) is 9. The summed E-state index contributed by atoms with van der Waals surface area (Å²) in [5.41, 5.74) is 0. The lowest BCUT2D eigenvalue weighted by Crippen LogP contribution is -2.65. The first-order valence-electron chi connectivity index (χ1n) is 34.4. The normalized spacial score (nSPS) is 24.1. The van der Waals surface area contributed by atoms with Crippen molar-refractivity contribution in [2.24, 2.45) is 0 Å². The molecule has 0 bridgehead atoms. The molecule has 0 aromatic rings. The fourth-order valence-corrected chi connectivity index (χ4v) is 11.7. The average Bonchev–Trinajstić information content (AvgIpc) is 3.48. The number of nitrogens with one attached hydrogen (secondary N) is 1. The van der Waals surface area contributed by atoms with E-state index >= 15 is 0 Å². The molecule has 0 aliphatic carbocycles. The molecule has 12 atom stereocenters. The summed E-state index contributed by atoms with van der Waals surface area (Å²) in [6.45, 7) is 2.85. The molecular formula is C67H129NO13. The fraction of sp³-hybridized carbons (Fsp3) is 0.955. The van der Waals surface area contributed by atoms with E-state index in [1.165, 1.54) is 250 Å². The van der Waals surface area contributed by atoms with Gasteiger partial charge in [0.2, 0.25) is 5.91 Å². The maximum atomic E-state index is 13.3. The van der Waals surface area contributed by atoms with Gasteiger partial charge in [0.25, 0.3) is 0 Å². The van der Waals surface area contributed by atoms with Crippen LogP contribution in [0.15, 0.2) is 12.2 Å². The zero-order valence-corrected chi connectivity index (χ0v) is 52.1. The lowest BCUT2D eigenvalue weighted by Gasteiger charge is -2.46. The smallest absolute Gasteiger partial charge is 0.220 e. The number of allylic oxidation sites excluding steroid dienone is 1. The Balaban J connectivity index is 1.63. The highest BCUT2D eigenvalue weighted by atomic mass is 16.7. The Bertz CT molecular complexity index is 1410. The maximum Gasteiger partial charge on any atom is 0.220 e. The molecule has 14 heteroatoms. The molecule has 2 fully saturated rings. The van der Waals surface area contributed by atoms with Crippen molar-refractivity contribution < 1.29 is 64.6 Å². The van der Waals surface area contributed by atoms with E-state index in [-0.39, 0.29) is 18.9 Å². The third kappa shape index (κ3) is 37.8. The van der Waals surface area contributed by atoms with Gasteiger partial charge in [-0.3, -0.25) is 4.79 Å². The third-order valence-electron chi connectivity index (χ3n) is 17.2. The zero-order valence-electron chi connectivity index (χ0n) is 52.1. The summed E-state index contributed by atoms with van der Waals surface area (Å²) < 4.78 is 22.8. The number of aliphatic hydroxyl groups is 8. The minimum atomic E-state index is -1.79. The number of amides is 1. The second kappa shape index (κ2) is 53.0. The van der Waals surface area contributed by atoms with Crippen molar-refractivity contribution in [3.63, 3.8) is 0 Å². The van der Waals surface area contributed by atoms with Gasteiger partial charge in [-0.05, 0) is 19.3 Å². The van der Waals surface area contributed by atoms with Crippen LogP contribution in [0.5, 0.6) is 0 Å². The lowest BCUT2D eigenvalue weighted by molar-refractivity contribution is -0.359. The Morgan fingerprint density at radius 2 is 0.765 bits per heavy atom. The van der Waals surface area contributed by atoms with Crippen molar-refractivity contribution >= 4 is 5.91 Å². The van der Waals surface area contributed by atoms with Gasteiger partial charge in [0.05, 0.1) is 32.0 Å². The first-order valence-corrected chi connectivity index (χ1v) is 34.4. The Morgan fingerprint density at radius 1 is 0.432 bits per heavy atom. The molecule has 0 radical (unpaired) electrons. The summed E-state index contributed by atoms with van der Waals surface area (Å²) in [5.74, 6) is -0.232. The molecule has 2 heterocycles. The molecule has 0 spiro atoms. The van der Waals surface area contributed by atoms with Crippen molar-refractivity contribution in [2.75, 3.05) is 19.8 Å². The second-order valence-corrected chi connectivity index (χ2v) is 24.7. The van der Waals surface area contributed by atoms with E-state index in [4.69, 9.17) is 18.9 Å². The van der Waals surface area contributed by atoms with Crippen LogP contribution in [0.4, 0.5) is 0 Å². The summed E-state index contributed by atoms with van der Waals surface area (Å²) in [7, 11) is 0. The van der Waals surface area contributed by atoms with E-state index in [0.717, 1.165) is 38.5 Å². The Labute approximate surface area is 495 Å². The number of aliphatic hydroxyl groups excluding tert-OH is 8. The van der Waals surface area contributed by atoms with E-state index in [2.05, 4.69) is 19.2 Å². The zero-order chi connectivity index (χ0) is 58.8. The quantitative estimate of drug-likeness (QED) is 0.0204. The van der Waals surface area contributed by atoms with E-state index < -0.39 is 86.8 Å². The van der Waals surface area contributed by atoms with Crippen LogP contribution in [0.2, 0.25) is 0 Å². The predicted octanol–water partition coefficient (Wildman–Crippen LogP) is 13.4. The monoisotopic (exact) mass is 1160 g/mol. The topological polar surface area (TPSA) is 228 Å². The van der Waals surface area contributed by atoms with E-state index in [9.17, 15) is 45.6 Å². The third-order valence-corrected chi connectivity index (χ3v) is 17.2. The molecule has 480 valence electrons. The molecule has 14 nitrogen and oxygen atoms in total. The first-order chi connectivity index (χ1) is 39.6. The molecule has 0 aromatic heterocycles. The SMILES string of the molecule is CCCCCCCCCCCCCCCC/C=C/[C@@H](O)[C@H](CO[C@@H]1O[C@H](CO)[C@@H](O[C@@H]2O[C@H](CO)[C@H](O)C(O)C2O)C(O)C1O)NC(=O)CCCCCCCCCCCCCCCCCCCCCCCCCCCCCCCCC. The van der Waals surface area contributed by atoms with Crippen LogP contribution in [0, 0.1) is 0 Å². The maximum absolute atomic E-state index is 13.3. The van der Waals surface area contributed by atoms with Gasteiger partial charge in [0.15, 0.2) is 12.6 Å². The Morgan fingerprint density at radius 3 is 1.14 bits per heavy atom. The Kier molecular flexibility index (Phi) is 49.6. The minimum absolute atomic E-state index is 0.232. The highest BCUT2D eigenvalue weighted by Crippen LogP contribution is 2.30. The molecular weight excluding hydrogens is 1030 g/mol. The average molecular weight is 1160 g/mol. The molecule has 81 heavy (non-hydrogen) atoms. The van der Waals surface area contributed by atoms with Crippen LogP contribution in [0.3, 0.4) is 0 Å².